The van der Waals surface area contributed by atoms with Crippen LogP contribution in [0.5, 0.6) is 0 Å². The van der Waals surface area contributed by atoms with E-state index in [9.17, 15) is 26.4 Å². The topological polar surface area (TPSA) is 69.7 Å². The first-order valence-corrected chi connectivity index (χ1v) is 6.35. The molecule has 0 N–H and O–H groups in total. The summed E-state index contributed by atoms with van der Waals surface area (Å²) in [5.74, 6) is -1.52. The summed E-state index contributed by atoms with van der Waals surface area (Å²) < 4.78 is 66.3. The van der Waals surface area contributed by atoms with Crippen molar-refractivity contribution in [2.24, 2.45) is 0 Å². The third-order valence-corrected chi connectivity index (χ3v) is 2.80. The monoisotopic (exact) mass is 290 g/mol. The molecule has 0 atom stereocenters. The minimum absolute atomic E-state index is 0.0131. The fourth-order valence-electron chi connectivity index (χ4n) is 0.919. The van der Waals surface area contributed by atoms with Crippen molar-refractivity contribution < 1.29 is 35.3 Å². The fourth-order valence-corrected chi connectivity index (χ4v) is 1.52. The second-order valence-electron chi connectivity index (χ2n) is 3.11. The van der Waals surface area contributed by atoms with E-state index in [0.717, 1.165) is 6.92 Å². The van der Waals surface area contributed by atoms with Crippen molar-refractivity contribution in [3.8, 4) is 0 Å². The van der Waals surface area contributed by atoms with Gasteiger partial charge in [0.15, 0.2) is 0 Å². The molecule has 0 spiro atoms. The number of carbonyl (C=O) groups excluding carboxylic acids is 1. The first-order valence-electron chi connectivity index (χ1n) is 4.94. The highest BCUT2D eigenvalue weighted by molar-refractivity contribution is 7.87. The molecular formula is C9H13F3O5S. The Balaban J connectivity index is 5.26. The third kappa shape index (κ3) is 4.21. The molecule has 0 unspecified atom stereocenters. The van der Waals surface area contributed by atoms with Gasteiger partial charge >= 0.3 is 21.6 Å². The summed E-state index contributed by atoms with van der Waals surface area (Å²) in [4.78, 5) is 11.2. The lowest BCUT2D eigenvalue weighted by Crippen LogP contribution is -2.26. The number of alkyl halides is 3. The highest BCUT2D eigenvalue weighted by Crippen LogP contribution is 2.28. The molecule has 0 heterocycles. The largest absolute Gasteiger partial charge is 0.534 e. The molecule has 0 rings (SSSR count). The first-order chi connectivity index (χ1) is 8.06. The predicted octanol–water partition coefficient (Wildman–Crippen LogP) is 2.10. The number of allylic oxidation sites excluding steroid dienone is 1. The van der Waals surface area contributed by atoms with Gasteiger partial charge in [0.1, 0.15) is 5.76 Å². The van der Waals surface area contributed by atoms with Gasteiger partial charge in [0.05, 0.1) is 12.2 Å². The maximum atomic E-state index is 12.1. The molecule has 0 aliphatic heterocycles. The molecule has 0 amide bonds. The number of rotatable bonds is 5. The number of ether oxygens (including phenoxy) is 1. The minimum atomic E-state index is -5.77. The van der Waals surface area contributed by atoms with Gasteiger partial charge in [0.2, 0.25) is 0 Å². The highest BCUT2D eigenvalue weighted by Gasteiger charge is 2.49. The number of carbonyl (C=O) groups is 1. The molecule has 0 aliphatic carbocycles. The van der Waals surface area contributed by atoms with Crippen LogP contribution in [-0.2, 0) is 23.8 Å². The predicted molar refractivity (Wildman–Crippen MR) is 55.7 cm³/mol. The zero-order chi connectivity index (χ0) is 14.6. The van der Waals surface area contributed by atoms with E-state index in [1.807, 2.05) is 0 Å². The molecule has 9 heteroatoms. The van der Waals surface area contributed by atoms with E-state index in [0.29, 0.717) is 0 Å². The highest BCUT2D eigenvalue weighted by atomic mass is 32.2. The minimum Gasteiger partial charge on any atom is -0.463 e. The van der Waals surface area contributed by atoms with Crippen molar-refractivity contribution in [3.05, 3.63) is 11.3 Å². The summed E-state index contributed by atoms with van der Waals surface area (Å²) in [5.41, 5.74) is -5.85. The van der Waals surface area contributed by atoms with E-state index in [-0.39, 0.29) is 18.6 Å². The summed E-state index contributed by atoms with van der Waals surface area (Å²) in [7, 11) is -5.77. The lowest BCUT2D eigenvalue weighted by atomic mass is 10.2. The van der Waals surface area contributed by atoms with Crippen LogP contribution >= 0.6 is 0 Å². The lowest BCUT2D eigenvalue weighted by molar-refractivity contribution is -0.138. The average molecular weight is 290 g/mol. The van der Waals surface area contributed by atoms with Gasteiger partial charge in [-0.25, -0.2) is 4.79 Å². The van der Waals surface area contributed by atoms with Crippen LogP contribution in [0.1, 0.15) is 27.2 Å². The SMILES string of the molecule is CCOC(=O)/C(C)=C(/CC)OS(=O)(=O)C(F)(F)F. The molecule has 0 radical (unpaired) electrons. The standard InChI is InChI=1S/C9H13F3O5S/c1-4-7(6(3)8(13)16-5-2)17-18(14,15)9(10,11)12/h4-5H2,1-3H3/b7-6-. The quantitative estimate of drug-likeness (QED) is 0.255. The Morgan fingerprint density at radius 3 is 2.06 bits per heavy atom. The van der Waals surface area contributed by atoms with Crippen molar-refractivity contribution >= 4 is 16.1 Å². The van der Waals surface area contributed by atoms with Gasteiger partial charge in [-0.1, -0.05) is 6.92 Å². The molecule has 18 heavy (non-hydrogen) atoms. The van der Waals surface area contributed by atoms with Gasteiger partial charge in [-0.05, 0) is 13.8 Å². The second kappa shape index (κ2) is 6.07. The van der Waals surface area contributed by atoms with Crippen molar-refractivity contribution in [2.75, 3.05) is 6.61 Å². The number of hydrogen-bond donors (Lipinski definition) is 0. The van der Waals surface area contributed by atoms with Crippen LogP contribution in [0.2, 0.25) is 0 Å². The van der Waals surface area contributed by atoms with Crippen LogP contribution in [0.25, 0.3) is 0 Å². The summed E-state index contributed by atoms with van der Waals surface area (Å²) >= 11 is 0. The van der Waals surface area contributed by atoms with Crippen LogP contribution in [0.3, 0.4) is 0 Å². The van der Waals surface area contributed by atoms with E-state index in [2.05, 4.69) is 8.92 Å². The van der Waals surface area contributed by atoms with Crippen molar-refractivity contribution in [1.29, 1.82) is 0 Å². The first kappa shape index (κ1) is 16.8. The Hall–Kier alpha value is -1.25. The van der Waals surface area contributed by atoms with Gasteiger partial charge < -0.3 is 8.92 Å². The van der Waals surface area contributed by atoms with Crippen molar-refractivity contribution in [2.45, 2.75) is 32.7 Å². The number of halogens is 3. The zero-order valence-corrected chi connectivity index (χ0v) is 10.8. The Labute approximate surface area is 103 Å². The van der Waals surface area contributed by atoms with Crippen molar-refractivity contribution in [1.82, 2.24) is 0 Å². The van der Waals surface area contributed by atoms with E-state index in [1.54, 1.807) is 0 Å². The Morgan fingerprint density at radius 2 is 1.72 bits per heavy atom. The average Bonchev–Trinajstić information content (AvgIpc) is 2.23. The van der Waals surface area contributed by atoms with Crippen molar-refractivity contribution in [3.63, 3.8) is 0 Å². The molecule has 5 nitrogen and oxygen atoms in total. The fraction of sp³-hybridized carbons (Fsp3) is 0.667. The molecule has 0 aromatic carbocycles. The van der Waals surface area contributed by atoms with Crippen LogP contribution < -0.4 is 0 Å². The molecule has 0 saturated carbocycles. The Bertz CT molecular complexity index is 436. The molecule has 0 aliphatic rings. The molecule has 106 valence electrons. The molecule has 0 fully saturated rings. The maximum absolute atomic E-state index is 12.1. The smallest absolute Gasteiger partial charge is 0.463 e. The normalized spacial score (nSPS) is 13.9. The second-order valence-corrected chi connectivity index (χ2v) is 4.64. The maximum Gasteiger partial charge on any atom is 0.534 e. The molecular weight excluding hydrogens is 277 g/mol. The van der Waals surface area contributed by atoms with Crippen LogP contribution in [-0.4, -0.2) is 26.5 Å². The molecule has 0 aromatic rings. The van der Waals surface area contributed by atoms with E-state index < -0.39 is 27.4 Å². The summed E-state index contributed by atoms with van der Waals surface area (Å²) in [6.07, 6.45) is -0.194. The zero-order valence-electron chi connectivity index (χ0n) is 10.00. The van der Waals surface area contributed by atoms with Gasteiger partial charge in [-0.15, -0.1) is 0 Å². The van der Waals surface area contributed by atoms with Gasteiger partial charge in [-0.2, -0.15) is 21.6 Å². The molecule has 0 saturated heterocycles. The van der Waals surface area contributed by atoms with E-state index in [4.69, 9.17) is 0 Å². The van der Waals surface area contributed by atoms with Gasteiger partial charge in [-0.3, -0.25) is 0 Å². The molecule has 0 aromatic heterocycles. The molecule has 0 bridgehead atoms. The van der Waals surface area contributed by atoms with Gasteiger partial charge in [0.25, 0.3) is 0 Å². The lowest BCUT2D eigenvalue weighted by Gasteiger charge is -2.13. The van der Waals surface area contributed by atoms with Gasteiger partial charge in [0, 0.05) is 6.42 Å². The summed E-state index contributed by atoms with van der Waals surface area (Å²) in [6, 6.07) is 0. The van der Waals surface area contributed by atoms with Crippen LogP contribution in [0, 0.1) is 0 Å². The summed E-state index contributed by atoms with van der Waals surface area (Å²) in [5, 5.41) is 0. The van der Waals surface area contributed by atoms with Crippen LogP contribution in [0.4, 0.5) is 13.2 Å². The Kier molecular flexibility index (Phi) is 5.65. The number of esters is 1. The van der Waals surface area contributed by atoms with Crippen LogP contribution in [0.15, 0.2) is 11.3 Å². The number of hydrogen-bond acceptors (Lipinski definition) is 5. The van der Waals surface area contributed by atoms with E-state index in [1.165, 1.54) is 13.8 Å². The Morgan fingerprint density at radius 1 is 1.22 bits per heavy atom. The van der Waals surface area contributed by atoms with E-state index >= 15 is 0 Å². The summed E-state index contributed by atoms with van der Waals surface area (Å²) in [6.45, 7) is 4.00. The third-order valence-electron chi connectivity index (χ3n) is 1.81.